The highest BCUT2D eigenvalue weighted by molar-refractivity contribution is 6.36. The van der Waals surface area contributed by atoms with Crippen molar-refractivity contribution in [3.63, 3.8) is 0 Å². The minimum Gasteiger partial charge on any atom is -0.506 e. The molecule has 0 saturated carbocycles. The van der Waals surface area contributed by atoms with Crippen molar-refractivity contribution in [3.8, 4) is 16.9 Å². The van der Waals surface area contributed by atoms with Crippen LogP contribution in [0.5, 0.6) is 5.75 Å². The van der Waals surface area contributed by atoms with Gasteiger partial charge in [-0.15, -0.1) is 0 Å². The average Bonchev–Trinajstić information content (AvgIpc) is 2.25. The van der Waals surface area contributed by atoms with Gasteiger partial charge in [-0.3, -0.25) is 0 Å². The molecule has 2 aromatic carbocycles. The molecule has 0 amide bonds. The van der Waals surface area contributed by atoms with Gasteiger partial charge in [-0.05, 0) is 23.8 Å². The van der Waals surface area contributed by atoms with Crippen molar-refractivity contribution in [2.24, 2.45) is 0 Å². The van der Waals surface area contributed by atoms with E-state index in [4.69, 9.17) is 34.8 Å². The fourth-order valence-electron chi connectivity index (χ4n) is 1.39. The van der Waals surface area contributed by atoms with Gasteiger partial charge in [-0.25, -0.2) is 0 Å². The quantitative estimate of drug-likeness (QED) is 0.773. The highest BCUT2D eigenvalue weighted by atomic mass is 35.5. The van der Waals surface area contributed by atoms with E-state index in [0.717, 1.165) is 11.1 Å². The summed E-state index contributed by atoms with van der Waals surface area (Å²) in [4.78, 5) is 0. The molecule has 82 valence electrons. The van der Waals surface area contributed by atoms with Crippen LogP contribution in [0.15, 0.2) is 36.4 Å². The van der Waals surface area contributed by atoms with Crippen LogP contribution >= 0.6 is 34.8 Å². The SMILES string of the molecule is Oc1cc(Cl)c(-c2ccc(Cl)cc2)cc1Cl. The first-order chi connectivity index (χ1) is 7.58. The zero-order valence-electron chi connectivity index (χ0n) is 8.05. The van der Waals surface area contributed by atoms with E-state index in [1.807, 2.05) is 12.1 Å². The van der Waals surface area contributed by atoms with Gasteiger partial charge in [-0.1, -0.05) is 46.9 Å². The van der Waals surface area contributed by atoms with Crippen molar-refractivity contribution in [1.29, 1.82) is 0 Å². The van der Waals surface area contributed by atoms with Crippen LogP contribution in [0.25, 0.3) is 11.1 Å². The first-order valence-electron chi connectivity index (χ1n) is 4.52. The van der Waals surface area contributed by atoms with Crippen LogP contribution in [0.2, 0.25) is 15.1 Å². The molecule has 0 aromatic heterocycles. The molecular formula is C12H7Cl3O. The molecular weight excluding hydrogens is 266 g/mol. The largest absolute Gasteiger partial charge is 0.506 e. The number of benzene rings is 2. The lowest BCUT2D eigenvalue weighted by Gasteiger charge is -2.06. The van der Waals surface area contributed by atoms with Crippen molar-refractivity contribution in [2.45, 2.75) is 0 Å². The molecule has 2 rings (SSSR count). The summed E-state index contributed by atoms with van der Waals surface area (Å²) in [6.45, 7) is 0. The highest BCUT2D eigenvalue weighted by Gasteiger charge is 2.08. The fraction of sp³-hybridized carbons (Fsp3) is 0. The first kappa shape index (κ1) is 11.6. The van der Waals surface area contributed by atoms with Crippen molar-refractivity contribution in [1.82, 2.24) is 0 Å². The Hall–Kier alpha value is -0.890. The van der Waals surface area contributed by atoms with E-state index >= 15 is 0 Å². The van der Waals surface area contributed by atoms with E-state index in [1.165, 1.54) is 6.07 Å². The van der Waals surface area contributed by atoms with Gasteiger partial charge in [0.15, 0.2) is 0 Å². The zero-order chi connectivity index (χ0) is 11.7. The molecule has 1 N–H and O–H groups in total. The molecule has 0 aliphatic heterocycles. The third-order valence-electron chi connectivity index (χ3n) is 2.19. The summed E-state index contributed by atoms with van der Waals surface area (Å²) in [6, 6.07) is 10.3. The van der Waals surface area contributed by atoms with Gasteiger partial charge in [0.2, 0.25) is 0 Å². The summed E-state index contributed by atoms with van der Waals surface area (Å²) in [5.74, 6) is -0.0237. The maximum Gasteiger partial charge on any atom is 0.135 e. The molecule has 0 saturated heterocycles. The van der Waals surface area contributed by atoms with Gasteiger partial charge in [0, 0.05) is 16.7 Å². The maximum absolute atomic E-state index is 9.38. The monoisotopic (exact) mass is 272 g/mol. The van der Waals surface area contributed by atoms with E-state index in [-0.39, 0.29) is 10.8 Å². The van der Waals surface area contributed by atoms with Gasteiger partial charge in [-0.2, -0.15) is 0 Å². The van der Waals surface area contributed by atoms with Gasteiger partial charge in [0.25, 0.3) is 0 Å². The van der Waals surface area contributed by atoms with E-state index in [2.05, 4.69) is 0 Å². The van der Waals surface area contributed by atoms with E-state index in [1.54, 1.807) is 18.2 Å². The lowest BCUT2D eigenvalue weighted by molar-refractivity contribution is 0.475. The molecule has 2 aromatic rings. The Morgan fingerprint density at radius 2 is 1.44 bits per heavy atom. The van der Waals surface area contributed by atoms with E-state index < -0.39 is 0 Å². The second-order valence-corrected chi connectivity index (χ2v) is 4.54. The standard InChI is InChI=1S/C12H7Cl3O/c13-8-3-1-7(2-4-8)9-5-11(15)12(16)6-10(9)14/h1-6,16H. The van der Waals surface area contributed by atoms with Crippen LogP contribution in [0.4, 0.5) is 0 Å². The average molecular weight is 274 g/mol. The smallest absolute Gasteiger partial charge is 0.135 e. The summed E-state index contributed by atoms with van der Waals surface area (Å²) < 4.78 is 0. The van der Waals surface area contributed by atoms with Crippen molar-refractivity contribution in [2.75, 3.05) is 0 Å². The Labute approximate surface area is 108 Å². The number of hydrogen-bond acceptors (Lipinski definition) is 1. The summed E-state index contributed by atoms with van der Waals surface area (Å²) in [6.07, 6.45) is 0. The Morgan fingerprint density at radius 3 is 2.06 bits per heavy atom. The molecule has 0 radical (unpaired) electrons. The third-order valence-corrected chi connectivity index (χ3v) is 3.06. The Bertz CT molecular complexity index is 521. The summed E-state index contributed by atoms with van der Waals surface area (Å²) in [5, 5.41) is 10.8. The van der Waals surface area contributed by atoms with Gasteiger partial charge < -0.3 is 5.11 Å². The van der Waals surface area contributed by atoms with Crippen LogP contribution in [-0.2, 0) is 0 Å². The minimum atomic E-state index is -0.0237. The Balaban J connectivity index is 2.56. The number of aromatic hydroxyl groups is 1. The normalized spacial score (nSPS) is 10.4. The summed E-state index contributed by atoms with van der Waals surface area (Å²) >= 11 is 17.7. The summed E-state index contributed by atoms with van der Waals surface area (Å²) in [5.41, 5.74) is 1.66. The molecule has 0 bridgehead atoms. The number of phenols is 1. The van der Waals surface area contributed by atoms with Crippen LogP contribution in [0.3, 0.4) is 0 Å². The predicted octanol–water partition coefficient (Wildman–Crippen LogP) is 5.02. The number of rotatable bonds is 1. The Morgan fingerprint density at radius 1 is 0.812 bits per heavy atom. The molecule has 0 heterocycles. The van der Waals surface area contributed by atoms with Gasteiger partial charge >= 0.3 is 0 Å². The van der Waals surface area contributed by atoms with E-state index in [0.29, 0.717) is 10.0 Å². The number of phenolic OH excluding ortho intramolecular Hbond substituents is 1. The Kier molecular flexibility index (Phi) is 3.29. The minimum absolute atomic E-state index is 0.0237. The topological polar surface area (TPSA) is 20.2 Å². The highest BCUT2D eigenvalue weighted by Crippen LogP contribution is 2.36. The van der Waals surface area contributed by atoms with Crippen molar-refractivity contribution < 1.29 is 5.11 Å². The molecule has 1 nitrogen and oxygen atoms in total. The molecule has 4 heteroatoms. The second-order valence-electron chi connectivity index (χ2n) is 3.29. The molecule has 0 spiro atoms. The number of hydrogen-bond donors (Lipinski definition) is 1. The molecule has 0 aliphatic carbocycles. The molecule has 0 atom stereocenters. The number of halogens is 3. The van der Waals surface area contributed by atoms with Gasteiger partial charge in [0.1, 0.15) is 5.75 Å². The third kappa shape index (κ3) is 2.27. The van der Waals surface area contributed by atoms with E-state index in [9.17, 15) is 5.11 Å². The van der Waals surface area contributed by atoms with Crippen LogP contribution < -0.4 is 0 Å². The molecule has 0 unspecified atom stereocenters. The predicted molar refractivity (Wildman–Crippen MR) is 68.6 cm³/mol. The first-order valence-corrected chi connectivity index (χ1v) is 5.65. The van der Waals surface area contributed by atoms with Crippen molar-refractivity contribution in [3.05, 3.63) is 51.5 Å². The van der Waals surface area contributed by atoms with Crippen molar-refractivity contribution >= 4 is 34.8 Å². The van der Waals surface area contributed by atoms with Gasteiger partial charge in [0.05, 0.1) is 10.0 Å². The fourth-order valence-corrected chi connectivity index (χ4v) is 1.94. The van der Waals surface area contributed by atoms with Crippen LogP contribution in [0.1, 0.15) is 0 Å². The summed E-state index contributed by atoms with van der Waals surface area (Å²) in [7, 11) is 0. The molecule has 0 fully saturated rings. The maximum atomic E-state index is 9.38. The van der Waals surface area contributed by atoms with Crippen LogP contribution in [-0.4, -0.2) is 5.11 Å². The lowest BCUT2D eigenvalue weighted by Crippen LogP contribution is -1.80. The molecule has 0 aliphatic rings. The van der Waals surface area contributed by atoms with Crippen LogP contribution in [0, 0.1) is 0 Å². The molecule has 16 heavy (non-hydrogen) atoms. The second kappa shape index (κ2) is 4.54. The lowest BCUT2D eigenvalue weighted by atomic mass is 10.1. The zero-order valence-corrected chi connectivity index (χ0v) is 10.3.